The van der Waals surface area contributed by atoms with Crippen LogP contribution in [0.5, 0.6) is 0 Å². The minimum atomic E-state index is -0.557. The molecule has 1 N–H and O–H groups in total. The van der Waals surface area contributed by atoms with Crippen molar-refractivity contribution >= 4 is 23.2 Å². The van der Waals surface area contributed by atoms with Crippen LogP contribution in [0, 0.1) is 10.1 Å². The summed E-state index contributed by atoms with van der Waals surface area (Å²) in [4.78, 5) is 22.4. The largest absolute Gasteiger partial charge is 0.348 e. The summed E-state index contributed by atoms with van der Waals surface area (Å²) in [7, 11) is 0. The third-order valence-electron chi connectivity index (χ3n) is 3.79. The first kappa shape index (κ1) is 17.6. The number of rotatable bonds is 6. The van der Waals surface area contributed by atoms with Crippen molar-refractivity contribution in [1.29, 1.82) is 0 Å². The third-order valence-corrected chi connectivity index (χ3v) is 4.10. The molecule has 0 aliphatic rings. The van der Waals surface area contributed by atoms with E-state index in [1.807, 2.05) is 41.2 Å². The fraction of sp³-hybridized carbons (Fsp3) is 0.111. The molecular formula is C18H15ClN4O3. The Hall–Kier alpha value is -3.19. The molecule has 2 aromatic carbocycles. The summed E-state index contributed by atoms with van der Waals surface area (Å²) < 4.78 is 1.83. The molecule has 132 valence electrons. The smallest absolute Gasteiger partial charge is 0.270 e. The fourth-order valence-corrected chi connectivity index (χ4v) is 2.68. The number of halogens is 1. The number of nitro groups is 1. The van der Waals surface area contributed by atoms with Crippen molar-refractivity contribution in [3.63, 3.8) is 0 Å². The highest BCUT2D eigenvalue weighted by atomic mass is 35.5. The van der Waals surface area contributed by atoms with E-state index >= 15 is 0 Å². The monoisotopic (exact) mass is 370 g/mol. The van der Waals surface area contributed by atoms with Crippen LogP contribution in [0.15, 0.2) is 60.9 Å². The van der Waals surface area contributed by atoms with E-state index < -0.39 is 4.92 Å². The highest BCUT2D eigenvalue weighted by molar-refractivity contribution is 6.34. The van der Waals surface area contributed by atoms with E-state index in [4.69, 9.17) is 11.6 Å². The van der Waals surface area contributed by atoms with Crippen LogP contribution in [-0.4, -0.2) is 20.6 Å². The van der Waals surface area contributed by atoms with Crippen LogP contribution in [0.1, 0.15) is 21.5 Å². The van der Waals surface area contributed by atoms with Gasteiger partial charge in [-0.3, -0.25) is 19.6 Å². The molecule has 0 spiro atoms. The Morgan fingerprint density at radius 1 is 1.19 bits per heavy atom. The maximum atomic E-state index is 12.2. The molecule has 0 radical (unpaired) electrons. The highest BCUT2D eigenvalue weighted by Gasteiger charge is 2.14. The summed E-state index contributed by atoms with van der Waals surface area (Å²) in [6, 6.07) is 13.4. The zero-order chi connectivity index (χ0) is 18.5. The second kappa shape index (κ2) is 7.79. The Kier molecular flexibility index (Phi) is 5.28. The second-order valence-corrected chi connectivity index (χ2v) is 6.03. The minimum absolute atomic E-state index is 0.0475. The first-order chi connectivity index (χ1) is 12.5. The molecule has 1 amide bonds. The van der Waals surface area contributed by atoms with Crippen molar-refractivity contribution in [2.75, 3.05) is 0 Å². The molecular weight excluding hydrogens is 356 g/mol. The van der Waals surface area contributed by atoms with E-state index in [0.29, 0.717) is 13.1 Å². The second-order valence-electron chi connectivity index (χ2n) is 5.62. The summed E-state index contributed by atoms with van der Waals surface area (Å²) in [6.07, 6.45) is 3.62. The Morgan fingerprint density at radius 2 is 1.92 bits per heavy atom. The van der Waals surface area contributed by atoms with Crippen molar-refractivity contribution in [2.45, 2.75) is 13.1 Å². The standard InChI is InChI=1S/C18H15ClN4O3/c19-17-10-15(23(25)26)6-7-16(17)18(24)20-11-13-2-4-14(5-3-13)12-22-9-1-8-21-22/h1-10H,11-12H2,(H,20,24). The number of carbonyl (C=O) groups excluding carboxylic acids is 1. The number of nitrogens with one attached hydrogen (secondary N) is 1. The average molecular weight is 371 g/mol. The summed E-state index contributed by atoms with van der Waals surface area (Å²) >= 11 is 5.96. The predicted octanol–water partition coefficient (Wildman–Crippen LogP) is 3.42. The van der Waals surface area contributed by atoms with Gasteiger partial charge in [0.05, 0.1) is 22.1 Å². The topological polar surface area (TPSA) is 90.1 Å². The number of nitro benzene ring substituents is 1. The van der Waals surface area contributed by atoms with Crippen LogP contribution in [-0.2, 0) is 13.1 Å². The summed E-state index contributed by atoms with van der Waals surface area (Å²) in [5.74, 6) is -0.384. The number of amides is 1. The maximum Gasteiger partial charge on any atom is 0.270 e. The van der Waals surface area contributed by atoms with Gasteiger partial charge in [0.25, 0.3) is 11.6 Å². The number of non-ortho nitro benzene ring substituents is 1. The summed E-state index contributed by atoms with van der Waals surface area (Å²) in [5, 5.41) is 17.7. The van der Waals surface area contributed by atoms with Crippen LogP contribution >= 0.6 is 11.6 Å². The molecule has 7 nitrogen and oxygen atoms in total. The molecule has 3 rings (SSSR count). The van der Waals surface area contributed by atoms with Crippen LogP contribution in [0.2, 0.25) is 5.02 Å². The molecule has 0 unspecified atom stereocenters. The molecule has 0 saturated heterocycles. The van der Waals surface area contributed by atoms with Gasteiger partial charge in [-0.2, -0.15) is 5.10 Å². The highest BCUT2D eigenvalue weighted by Crippen LogP contribution is 2.22. The van der Waals surface area contributed by atoms with Gasteiger partial charge in [0.2, 0.25) is 0 Å². The van der Waals surface area contributed by atoms with Crippen molar-refractivity contribution < 1.29 is 9.72 Å². The van der Waals surface area contributed by atoms with Crippen molar-refractivity contribution in [3.8, 4) is 0 Å². The van der Waals surface area contributed by atoms with Crippen LogP contribution in [0.4, 0.5) is 5.69 Å². The summed E-state index contributed by atoms with van der Waals surface area (Å²) in [6.45, 7) is 1.01. The van der Waals surface area contributed by atoms with E-state index in [-0.39, 0.29) is 22.2 Å². The maximum absolute atomic E-state index is 12.2. The van der Waals surface area contributed by atoms with Gasteiger partial charge in [-0.15, -0.1) is 0 Å². The predicted molar refractivity (Wildman–Crippen MR) is 97.0 cm³/mol. The molecule has 0 atom stereocenters. The Labute approximate surface area is 154 Å². The fourth-order valence-electron chi connectivity index (χ4n) is 2.42. The van der Waals surface area contributed by atoms with E-state index in [2.05, 4.69) is 10.4 Å². The van der Waals surface area contributed by atoms with Gasteiger partial charge in [-0.1, -0.05) is 35.9 Å². The van der Waals surface area contributed by atoms with E-state index in [9.17, 15) is 14.9 Å². The van der Waals surface area contributed by atoms with E-state index in [0.717, 1.165) is 11.1 Å². The van der Waals surface area contributed by atoms with Crippen LogP contribution < -0.4 is 5.32 Å². The number of hydrogen-bond acceptors (Lipinski definition) is 4. The van der Waals surface area contributed by atoms with Crippen LogP contribution in [0.3, 0.4) is 0 Å². The normalized spacial score (nSPS) is 10.5. The minimum Gasteiger partial charge on any atom is -0.348 e. The zero-order valence-electron chi connectivity index (χ0n) is 13.6. The SMILES string of the molecule is O=C(NCc1ccc(Cn2cccn2)cc1)c1ccc([N+](=O)[O-])cc1Cl. The molecule has 0 aliphatic carbocycles. The van der Waals surface area contributed by atoms with Crippen molar-refractivity contribution in [2.24, 2.45) is 0 Å². The number of benzene rings is 2. The molecule has 0 fully saturated rings. The lowest BCUT2D eigenvalue weighted by Crippen LogP contribution is -2.23. The number of nitrogens with zero attached hydrogens (tertiary/aromatic N) is 3. The zero-order valence-corrected chi connectivity index (χ0v) is 14.4. The lowest BCUT2D eigenvalue weighted by atomic mass is 10.1. The molecule has 0 aliphatic heterocycles. The Bertz CT molecular complexity index is 924. The quantitative estimate of drug-likeness (QED) is 0.531. The van der Waals surface area contributed by atoms with Gasteiger partial charge < -0.3 is 5.32 Å². The van der Waals surface area contributed by atoms with Gasteiger partial charge in [-0.25, -0.2) is 0 Å². The summed E-state index contributed by atoms with van der Waals surface area (Å²) in [5.41, 5.74) is 2.08. The lowest BCUT2D eigenvalue weighted by Gasteiger charge is -2.08. The van der Waals surface area contributed by atoms with E-state index in [1.165, 1.54) is 18.2 Å². The molecule has 0 bridgehead atoms. The van der Waals surface area contributed by atoms with Gasteiger partial charge in [-0.05, 0) is 23.3 Å². The van der Waals surface area contributed by atoms with Gasteiger partial charge in [0.15, 0.2) is 0 Å². The number of aromatic nitrogens is 2. The van der Waals surface area contributed by atoms with Crippen molar-refractivity contribution in [3.05, 3.63) is 92.8 Å². The number of carbonyl (C=O) groups is 1. The Morgan fingerprint density at radius 3 is 2.54 bits per heavy atom. The molecule has 1 aromatic heterocycles. The first-order valence-corrected chi connectivity index (χ1v) is 8.18. The molecule has 3 aromatic rings. The first-order valence-electron chi connectivity index (χ1n) is 7.80. The van der Waals surface area contributed by atoms with E-state index in [1.54, 1.807) is 6.20 Å². The van der Waals surface area contributed by atoms with Gasteiger partial charge in [0, 0.05) is 31.1 Å². The molecule has 26 heavy (non-hydrogen) atoms. The molecule has 0 saturated carbocycles. The molecule has 8 heteroatoms. The number of hydrogen-bond donors (Lipinski definition) is 1. The van der Waals surface area contributed by atoms with Crippen LogP contribution in [0.25, 0.3) is 0 Å². The molecule has 1 heterocycles. The van der Waals surface area contributed by atoms with Crippen molar-refractivity contribution in [1.82, 2.24) is 15.1 Å². The third kappa shape index (κ3) is 4.25. The van der Waals surface area contributed by atoms with Gasteiger partial charge >= 0.3 is 0 Å². The lowest BCUT2D eigenvalue weighted by molar-refractivity contribution is -0.384. The average Bonchev–Trinajstić information content (AvgIpc) is 3.13. The Balaban J connectivity index is 1.60. The van der Waals surface area contributed by atoms with Gasteiger partial charge in [0.1, 0.15) is 0 Å².